The van der Waals surface area contributed by atoms with Crippen molar-refractivity contribution in [2.45, 2.75) is 27.2 Å². The zero-order chi connectivity index (χ0) is 24.8. The first-order valence-electron chi connectivity index (χ1n) is 10.9. The molecule has 34 heavy (non-hydrogen) atoms. The molecule has 0 aliphatic carbocycles. The van der Waals surface area contributed by atoms with Crippen molar-refractivity contribution >= 4 is 46.7 Å². The predicted molar refractivity (Wildman–Crippen MR) is 128 cm³/mol. The molecule has 1 aliphatic rings. The van der Waals surface area contributed by atoms with E-state index >= 15 is 0 Å². The number of esters is 2. The van der Waals surface area contributed by atoms with E-state index in [1.807, 2.05) is 26.8 Å². The standard InChI is InChI=1S/C25H27ClN2O6/c1-15(2)13-33-24(31)17-5-7-19(8-6-17)27-22(29)14-34-25(32)18-10-23(30)28(12-18)20-9-4-16(3)21(26)11-20/h4-9,11,15,18H,10,12-14H2,1-3H3,(H,27,29)/t18-/m1/s1. The van der Waals surface area contributed by atoms with Gasteiger partial charge in [-0.3, -0.25) is 14.4 Å². The highest BCUT2D eigenvalue weighted by molar-refractivity contribution is 6.31. The number of rotatable bonds is 8. The molecule has 9 heteroatoms. The minimum Gasteiger partial charge on any atom is -0.462 e. The second-order valence-corrected chi connectivity index (χ2v) is 8.97. The molecule has 8 nitrogen and oxygen atoms in total. The molecule has 1 heterocycles. The number of hydrogen-bond donors (Lipinski definition) is 1. The second-order valence-electron chi connectivity index (χ2n) is 8.56. The number of carbonyl (C=O) groups is 4. The van der Waals surface area contributed by atoms with Gasteiger partial charge in [0, 0.05) is 29.4 Å². The van der Waals surface area contributed by atoms with E-state index in [0.29, 0.717) is 28.6 Å². The summed E-state index contributed by atoms with van der Waals surface area (Å²) in [5, 5.41) is 3.13. The lowest BCUT2D eigenvalue weighted by molar-refractivity contribution is -0.151. The molecule has 180 valence electrons. The normalized spacial score (nSPS) is 15.4. The van der Waals surface area contributed by atoms with E-state index in [9.17, 15) is 19.2 Å². The molecule has 1 atom stereocenters. The third kappa shape index (κ3) is 6.57. The fraction of sp³-hybridized carbons (Fsp3) is 0.360. The number of hydrogen-bond acceptors (Lipinski definition) is 6. The van der Waals surface area contributed by atoms with Crippen LogP contribution in [0.25, 0.3) is 0 Å². The molecule has 1 fully saturated rings. The summed E-state index contributed by atoms with van der Waals surface area (Å²) in [6.07, 6.45) is 0.000316. The van der Waals surface area contributed by atoms with Crippen LogP contribution in [-0.4, -0.2) is 43.5 Å². The lowest BCUT2D eigenvalue weighted by Gasteiger charge is -2.17. The summed E-state index contributed by atoms with van der Waals surface area (Å²) in [6.45, 7) is 5.75. The van der Waals surface area contributed by atoms with Gasteiger partial charge in [0.05, 0.1) is 18.1 Å². The van der Waals surface area contributed by atoms with Crippen molar-refractivity contribution in [3.63, 3.8) is 0 Å². The summed E-state index contributed by atoms with van der Waals surface area (Å²) < 4.78 is 10.3. The molecule has 1 saturated heterocycles. The summed E-state index contributed by atoms with van der Waals surface area (Å²) in [7, 11) is 0. The topological polar surface area (TPSA) is 102 Å². The van der Waals surface area contributed by atoms with Crippen molar-refractivity contribution in [3.05, 3.63) is 58.6 Å². The number of amides is 2. The zero-order valence-corrected chi connectivity index (χ0v) is 20.1. The molecule has 2 amide bonds. The van der Waals surface area contributed by atoms with E-state index in [0.717, 1.165) is 5.56 Å². The number of halogens is 1. The first-order chi connectivity index (χ1) is 16.1. The number of carbonyl (C=O) groups excluding carboxylic acids is 4. The Bertz CT molecular complexity index is 1080. The molecular weight excluding hydrogens is 460 g/mol. The van der Waals surface area contributed by atoms with Crippen LogP contribution in [0, 0.1) is 18.8 Å². The van der Waals surface area contributed by atoms with Gasteiger partial charge < -0.3 is 19.7 Å². The highest BCUT2D eigenvalue weighted by atomic mass is 35.5. The summed E-state index contributed by atoms with van der Waals surface area (Å²) in [5.74, 6) is -2.23. The Labute approximate surface area is 203 Å². The number of ether oxygens (including phenoxy) is 2. The van der Waals surface area contributed by atoms with E-state index in [1.54, 1.807) is 36.4 Å². The minimum absolute atomic E-state index is 0.000316. The van der Waals surface area contributed by atoms with Gasteiger partial charge in [-0.25, -0.2) is 4.79 Å². The highest BCUT2D eigenvalue weighted by Gasteiger charge is 2.36. The van der Waals surface area contributed by atoms with Gasteiger partial charge in [-0.15, -0.1) is 0 Å². The van der Waals surface area contributed by atoms with Gasteiger partial charge in [0.15, 0.2) is 6.61 Å². The number of anilines is 2. The van der Waals surface area contributed by atoms with Crippen LogP contribution < -0.4 is 10.2 Å². The molecule has 0 unspecified atom stereocenters. The maximum absolute atomic E-state index is 12.4. The maximum atomic E-state index is 12.4. The first-order valence-corrected chi connectivity index (χ1v) is 11.3. The van der Waals surface area contributed by atoms with Crippen LogP contribution in [0.4, 0.5) is 11.4 Å². The smallest absolute Gasteiger partial charge is 0.338 e. The van der Waals surface area contributed by atoms with Gasteiger partial charge in [0.1, 0.15) is 0 Å². The third-order valence-corrected chi connectivity index (χ3v) is 5.63. The number of benzene rings is 2. The van der Waals surface area contributed by atoms with E-state index < -0.39 is 30.4 Å². The zero-order valence-electron chi connectivity index (χ0n) is 19.3. The van der Waals surface area contributed by atoms with Gasteiger partial charge in [-0.05, 0) is 54.8 Å². The molecular formula is C25H27ClN2O6. The summed E-state index contributed by atoms with van der Waals surface area (Å²) in [6, 6.07) is 11.5. The van der Waals surface area contributed by atoms with Gasteiger partial charge >= 0.3 is 11.9 Å². The van der Waals surface area contributed by atoms with Crippen molar-refractivity contribution in [3.8, 4) is 0 Å². The van der Waals surface area contributed by atoms with E-state index in [-0.39, 0.29) is 24.8 Å². The average Bonchev–Trinajstić information content (AvgIpc) is 3.19. The number of nitrogens with one attached hydrogen (secondary N) is 1. The fourth-order valence-corrected chi connectivity index (χ4v) is 3.51. The Kier molecular flexibility index (Phi) is 8.28. The Morgan fingerprint density at radius 3 is 2.47 bits per heavy atom. The van der Waals surface area contributed by atoms with Gasteiger partial charge in [-0.1, -0.05) is 31.5 Å². The Hall–Kier alpha value is -3.39. The van der Waals surface area contributed by atoms with Gasteiger partial charge in [0.2, 0.25) is 5.91 Å². The summed E-state index contributed by atoms with van der Waals surface area (Å²) in [5.41, 5.74) is 2.32. The van der Waals surface area contributed by atoms with Crippen molar-refractivity contribution in [2.24, 2.45) is 11.8 Å². The molecule has 0 radical (unpaired) electrons. The monoisotopic (exact) mass is 486 g/mol. The number of aryl methyl sites for hydroxylation is 1. The third-order valence-electron chi connectivity index (χ3n) is 5.22. The van der Waals surface area contributed by atoms with Crippen LogP contribution in [0.3, 0.4) is 0 Å². The Balaban J connectivity index is 1.47. The van der Waals surface area contributed by atoms with Crippen LogP contribution in [-0.2, 0) is 23.9 Å². The van der Waals surface area contributed by atoms with Gasteiger partial charge in [-0.2, -0.15) is 0 Å². The molecule has 0 aromatic heterocycles. The summed E-state index contributed by atoms with van der Waals surface area (Å²) >= 11 is 6.14. The van der Waals surface area contributed by atoms with E-state index in [2.05, 4.69) is 5.32 Å². The molecule has 0 saturated carbocycles. The molecule has 0 spiro atoms. The SMILES string of the molecule is Cc1ccc(N2C[C@H](C(=O)OCC(=O)Nc3ccc(C(=O)OCC(C)C)cc3)CC2=O)cc1Cl. The molecule has 1 aliphatic heterocycles. The maximum Gasteiger partial charge on any atom is 0.338 e. The predicted octanol–water partition coefficient (Wildman–Crippen LogP) is 4.00. The lowest BCUT2D eigenvalue weighted by Crippen LogP contribution is -2.28. The summed E-state index contributed by atoms with van der Waals surface area (Å²) in [4.78, 5) is 50.4. The number of nitrogens with zero attached hydrogens (tertiary/aromatic N) is 1. The Morgan fingerprint density at radius 1 is 1.12 bits per heavy atom. The fourth-order valence-electron chi connectivity index (χ4n) is 3.33. The van der Waals surface area contributed by atoms with Crippen molar-refractivity contribution in [1.82, 2.24) is 0 Å². The molecule has 3 rings (SSSR count). The van der Waals surface area contributed by atoms with Crippen LogP contribution >= 0.6 is 11.6 Å². The van der Waals surface area contributed by atoms with Crippen LogP contribution in [0.2, 0.25) is 5.02 Å². The van der Waals surface area contributed by atoms with Crippen LogP contribution in [0.15, 0.2) is 42.5 Å². The molecule has 2 aromatic rings. The second kappa shape index (κ2) is 11.2. The Morgan fingerprint density at radius 2 is 1.82 bits per heavy atom. The van der Waals surface area contributed by atoms with Crippen LogP contribution in [0.5, 0.6) is 0 Å². The largest absolute Gasteiger partial charge is 0.462 e. The lowest BCUT2D eigenvalue weighted by atomic mass is 10.1. The van der Waals surface area contributed by atoms with E-state index in [1.165, 1.54) is 4.90 Å². The van der Waals surface area contributed by atoms with Crippen molar-refractivity contribution in [2.75, 3.05) is 30.0 Å². The molecule has 0 bridgehead atoms. The highest BCUT2D eigenvalue weighted by Crippen LogP contribution is 2.29. The average molecular weight is 487 g/mol. The quantitative estimate of drug-likeness (QED) is 0.566. The van der Waals surface area contributed by atoms with Crippen molar-refractivity contribution in [1.29, 1.82) is 0 Å². The van der Waals surface area contributed by atoms with Gasteiger partial charge in [0.25, 0.3) is 5.91 Å². The van der Waals surface area contributed by atoms with Crippen LogP contribution in [0.1, 0.15) is 36.2 Å². The first kappa shape index (κ1) is 25.2. The minimum atomic E-state index is -0.670. The van der Waals surface area contributed by atoms with E-state index in [4.69, 9.17) is 21.1 Å². The molecule has 1 N–H and O–H groups in total. The van der Waals surface area contributed by atoms with Crippen molar-refractivity contribution < 1.29 is 28.7 Å². The molecule has 2 aromatic carbocycles.